The minimum absolute atomic E-state index is 0.0110. The van der Waals surface area contributed by atoms with Crippen molar-refractivity contribution in [2.24, 2.45) is 4.99 Å². The fraction of sp³-hybridized carbons (Fsp3) is 0.522. The zero-order valence-corrected chi connectivity index (χ0v) is 18.1. The lowest BCUT2D eigenvalue weighted by atomic mass is 9.98. The van der Waals surface area contributed by atoms with Gasteiger partial charge in [0.2, 0.25) is 0 Å². The van der Waals surface area contributed by atoms with Gasteiger partial charge < -0.3 is 24.4 Å². The Balaban J connectivity index is 1.47. The van der Waals surface area contributed by atoms with Gasteiger partial charge >= 0.3 is 5.97 Å². The SMILES string of the molecule is COC(=O)C1(c2cc(C(C)(C)O)on2)CN=C(Nc2c3c(cc4c2CCC4)CCC3)O1. The molecule has 2 N–H and O–H groups in total. The molecule has 5 rings (SSSR count). The van der Waals surface area contributed by atoms with Crippen molar-refractivity contribution in [1.29, 1.82) is 0 Å². The summed E-state index contributed by atoms with van der Waals surface area (Å²) in [5.74, 6) is -0.387. The Morgan fingerprint density at radius 1 is 1.16 bits per heavy atom. The van der Waals surface area contributed by atoms with E-state index in [1.54, 1.807) is 13.8 Å². The van der Waals surface area contributed by atoms with Gasteiger partial charge in [-0.1, -0.05) is 11.2 Å². The fourth-order valence-electron chi connectivity index (χ4n) is 4.81. The van der Waals surface area contributed by atoms with Crippen LogP contribution in [0.4, 0.5) is 5.69 Å². The van der Waals surface area contributed by atoms with Crippen LogP contribution in [0, 0.1) is 0 Å². The van der Waals surface area contributed by atoms with Gasteiger partial charge in [0, 0.05) is 11.8 Å². The Morgan fingerprint density at radius 3 is 2.42 bits per heavy atom. The normalized spacial score (nSPS) is 22.0. The van der Waals surface area contributed by atoms with Crippen molar-refractivity contribution in [3.8, 4) is 0 Å². The zero-order chi connectivity index (χ0) is 21.8. The van der Waals surface area contributed by atoms with Gasteiger partial charge in [-0.05, 0) is 74.6 Å². The number of nitrogens with zero attached hydrogens (tertiary/aromatic N) is 2. The number of methoxy groups -OCH3 is 1. The van der Waals surface area contributed by atoms with E-state index >= 15 is 0 Å². The topological polar surface area (TPSA) is 106 Å². The predicted molar refractivity (Wildman–Crippen MR) is 113 cm³/mol. The number of anilines is 1. The maximum absolute atomic E-state index is 12.8. The molecule has 3 aliphatic rings. The molecule has 0 amide bonds. The number of carbonyl (C=O) groups excluding carboxylic acids is 1. The lowest BCUT2D eigenvalue weighted by molar-refractivity contribution is -0.159. The fourth-order valence-corrected chi connectivity index (χ4v) is 4.81. The van der Waals surface area contributed by atoms with Gasteiger partial charge in [0.15, 0.2) is 5.76 Å². The minimum Gasteiger partial charge on any atom is -0.466 e. The van der Waals surface area contributed by atoms with Crippen molar-refractivity contribution in [2.75, 3.05) is 19.0 Å². The third-order valence-corrected chi connectivity index (χ3v) is 6.46. The van der Waals surface area contributed by atoms with Gasteiger partial charge in [-0.15, -0.1) is 0 Å². The molecule has 8 heteroatoms. The number of fused-ring (bicyclic) bond motifs is 2. The van der Waals surface area contributed by atoms with Crippen molar-refractivity contribution in [1.82, 2.24) is 5.16 Å². The second kappa shape index (κ2) is 7.09. The van der Waals surface area contributed by atoms with Crippen LogP contribution in [-0.4, -0.2) is 35.9 Å². The zero-order valence-electron chi connectivity index (χ0n) is 18.1. The van der Waals surface area contributed by atoms with Gasteiger partial charge in [0.25, 0.3) is 11.6 Å². The quantitative estimate of drug-likeness (QED) is 0.726. The van der Waals surface area contributed by atoms with E-state index in [0.717, 1.165) is 44.2 Å². The van der Waals surface area contributed by atoms with E-state index < -0.39 is 17.2 Å². The first-order valence-electron chi connectivity index (χ1n) is 10.8. The van der Waals surface area contributed by atoms with Gasteiger partial charge in [-0.2, -0.15) is 0 Å². The van der Waals surface area contributed by atoms with Crippen LogP contribution in [0.2, 0.25) is 0 Å². The van der Waals surface area contributed by atoms with Crippen LogP contribution in [0.1, 0.15) is 60.4 Å². The molecule has 0 saturated heterocycles. The summed E-state index contributed by atoms with van der Waals surface area (Å²) in [6.45, 7) is 3.17. The highest BCUT2D eigenvalue weighted by Crippen LogP contribution is 2.40. The van der Waals surface area contributed by atoms with Gasteiger partial charge in [-0.3, -0.25) is 0 Å². The summed E-state index contributed by atoms with van der Waals surface area (Å²) in [4.78, 5) is 17.3. The Hall–Kier alpha value is -2.87. The van der Waals surface area contributed by atoms with Crippen LogP contribution in [0.3, 0.4) is 0 Å². The van der Waals surface area contributed by atoms with Crippen LogP contribution in [0.25, 0.3) is 0 Å². The number of aromatic nitrogens is 1. The van der Waals surface area contributed by atoms with Crippen molar-refractivity contribution in [2.45, 2.75) is 63.6 Å². The molecule has 1 unspecified atom stereocenters. The molecule has 2 aromatic rings. The van der Waals surface area contributed by atoms with Crippen LogP contribution < -0.4 is 5.32 Å². The molecular formula is C23H27N3O5. The number of amidine groups is 1. The summed E-state index contributed by atoms with van der Waals surface area (Å²) in [5, 5.41) is 17.6. The molecular weight excluding hydrogens is 398 g/mol. The molecule has 164 valence electrons. The lowest BCUT2D eigenvalue weighted by Gasteiger charge is -2.24. The number of benzene rings is 1. The molecule has 31 heavy (non-hydrogen) atoms. The number of ether oxygens (including phenoxy) is 2. The number of carbonyl (C=O) groups is 1. The Labute approximate surface area is 180 Å². The minimum atomic E-state index is -1.55. The monoisotopic (exact) mass is 425 g/mol. The van der Waals surface area contributed by atoms with Crippen molar-refractivity contribution in [3.05, 3.63) is 45.8 Å². The highest BCUT2D eigenvalue weighted by atomic mass is 16.6. The summed E-state index contributed by atoms with van der Waals surface area (Å²) in [7, 11) is 1.30. The number of aryl methyl sites for hydroxylation is 2. The highest BCUT2D eigenvalue weighted by molar-refractivity contribution is 5.96. The predicted octanol–water partition coefficient (Wildman–Crippen LogP) is 2.75. The number of rotatable bonds is 4. The van der Waals surface area contributed by atoms with Crippen molar-refractivity contribution in [3.63, 3.8) is 0 Å². The van der Waals surface area contributed by atoms with Gasteiger partial charge in [-0.25, -0.2) is 9.79 Å². The molecule has 2 heterocycles. The molecule has 8 nitrogen and oxygen atoms in total. The Kier molecular flexibility index (Phi) is 4.58. The molecule has 0 radical (unpaired) electrons. The summed E-state index contributed by atoms with van der Waals surface area (Å²) in [6.07, 6.45) is 6.53. The van der Waals surface area contributed by atoms with Gasteiger partial charge in [0.05, 0.1) is 7.11 Å². The highest BCUT2D eigenvalue weighted by Gasteiger charge is 2.52. The van der Waals surface area contributed by atoms with E-state index in [4.69, 9.17) is 14.0 Å². The largest absolute Gasteiger partial charge is 0.466 e. The lowest BCUT2D eigenvalue weighted by Crippen LogP contribution is -2.41. The first kappa shape index (κ1) is 20.1. The van der Waals surface area contributed by atoms with E-state index in [-0.39, 0.29) is 24.0 Å². The van der Waals surface area contributed by atoms with E-state index in [2.05, 4.69) is 21.5 Å². The Morgan fingerprint density at radius 2 is 1.84 bits per heavy atom. The maximum atomic E-state index is 12.8. The third kappa shape index (κ3) is 3.20. The van der Waals surface area contributed by atoms with Crippen LogP contribution in [0.15, 0.2) is 21.6 Å². The molecule has 1 aromatic carbocycles. The number of esters is 1. The molecule has 0 saturated carbocycles. The first-order valence-corrected chi connectivity index (χ1v) is 10.8. The summed E-state index contributed by atoms with van der Waals surface area (Å²) in [6, 6.07) is 4.15. The van der Waals surface area contributed by atoms with Crippen LogP contribution >= 0.6 is 0 Å². The van der Waals surface area contributed by atoms with Crippen molar-refractivity contribution >= 4 is 17.7 Å². The maximum Gasteiger partial charge on any atom is 0.358 e. The summed E-state index contributed by atoms with van der Waals surface area (Å²) in [5.41, 5.74) is 3.96. The second-order valence-corrected chi connectivity index (χ2v) is 9.04. The summed E-state index contributed by atoms with van der Waals surface area (Å²) < 4.78 is 16.4. The number of aliphatic hydroxyl groups is 1. The Bertz CT molecular complexity index is 1050. The number of nitrogens with one attached hydrogen (secondary N) is 1. The standard InChI is InChI=1S/C23H27N3O5/c1-22(2,28)18-11-17(26-31-18)23(20(27)29-3)12-24-21(30-23)25-19-15-8-4-6-13(15)10-14-7-5-9-16(14)19/h10-11,28H,4-9,12H2,1-3H3,(H,24,25). The first-order chi connectivity index (χ1) is 14.8. The van der Waals surface area contributed by atoms with Crippen molar-refractivity contribution < 1.29 is 23.9 Å². The average Bonchev–Trinajstić information content (AvgIpc) is 3.51. The second-order valence-electron chi connectivity index (χ2n) is 9.04. The van der Waals surface area contributed by atoms with Gasteiger partial charge in [0.1, 0.15) is 17.8 Å². The van der Waals surface area contributed by atoms with E-state index in [1.807, 2.05) is 0 Å². The average molecular weight is 425 g/mol. The molecule has 0 spiro atoms. The van der Waals surface area contributed by atoms with Crippen LogP contribution in [-0.2, 0) is 51.2 Å². The smallest absolute Gasteiger partial charge is 0.358 e. The number of hydrogen-bond acceptors (Lipinski definition) is 8. The number of aliphatic imine (C=N–C) groups is 1. The molecule has 1 aromatic heterocycles. The molecule has 0 fully saturated rings. The molecule has 1 aliphatic heterocycles. The van der Waals surface area contributed by atoms with Crippen LogP contribution in [0.5, 0.6) is 0 Å². The number of hydrogen-bond donors (Lipinski definition) is 2. The summed E-state index contributed by atoms with van der Waals surface area (Å²) >= 11 is 0. The van der Waals surface area contributed by atoms with E-state index in [1.165, 1.54) is 35.4 Å². The third-order valence-electron chi connectivity index (χ3n) is 6.46. The van der Waals surface area contributed by atoms with E-state index in [0.29, 0.717) is 0 Å². The van der Waals surface area contributed by atoms with E-state index in [9.17, 15) is 9.90 Å². The molecule has 0 bridgehead atoms. The molecule has 2 aliphatic carbocycles. The molecule has 1 atom stereocenters.